The first-order valence-electron chi connectivity index (χ1n) is 12.1. The smallest absolute Gasteiger partial charge is 0.236 e. The minimum absolute atomic E-state index is 0.0465. The predicted octanol–water partition coefficient (Wildman–Crippen LogP) is -0.389. The van der Waals surface area contributed by atoms with Gasteiger partial charge >= 0.3 is 0 Å². The summed E-state index contributed by atoms with van der Waals surface area (Å²) < 4.78 is 10.7. The van der Waals surface area contributed by atoms with Gasteiger partial charge in [-0.2, -0.15) is 0 Å². The molecule has 9 heteroatoms. The average Bonchev–Trinajstić information content (AvgIpc) is 2.86. The molecule has 0 aliphatic carbocycles. The Hall–Kier alpha value is -2.04. The molecule has 2 amide bonds. The quantitative estimate of drug-likeness (QED) is 0.568. The van der Waals surface area contributed by atoms with E-state index in [4.69, 9.17) is 9.47 Å². The molecule has 0 bridgehead atoms. The number of amides is 2. The van der Waals surface area contributed by atoms with Crippen LogP contribution in [0.5, 0.6) is 0 Å². The summed E-state index contributed by atoms with van der Waals surface area (Å²) in [5.41, 5.74) is 2.40. The Morgan fingerprint density at radius 1 is 0.697 bits per heavy atom. The summed E-state index contributed by atoms with van der Waals surface area (Å²) in [7, 11) is 0. The van der Waals surface area contributed by atoms with Crippen LogP contribution in [0.2, 0.25) is 0 Å². The number of nitrogens with zero attached hydrogens (tertiary/aromatic N) is 4. The molecule has 3 fully saturated rings. The van der Waals surface area contributed by atoms with Crippen LogP contribution in [0.4, 0.5) is 0 Å². The van der Waals surface area contributed by atoms with Crippen molar-refractivity contribution >= 4 is 11.8 Å². The summed E-state index contributed by atoms with van der Waals surface area (Å²) in [6.45, 7) is 11.8. The highest BCUT2D eigenvalue weighted by Crippen LogP contribution is 2.09. The van der Waals surface area contributed by atoms with Gasteiger partial charge in [-0.05, 0) is 11.1 Å². The van der Waals surface area contributed by atoms with Crippen molar-refractivity contribution in [2.75, 3.05) is 91.9 Å². The van der Waals surface area contributed by atoms with Gasteiger partial charge in [0, 0.05) is 65.4 Å². The molecule has 0 aromatic heterocycles. The normalized spacial score (nSPS) is 21.2. The molecule has 33 heavy (non-hydrogen) atoms. The summed E-state index contributed by atoms with van der Waals surface area (Å²) in [6.07, 6.45) is 0. The molecule has 4 rings (SSSR count). The van der Waals surface area contributed by atoms with Crippen molar-refractivity contribution in [2.45, 2.75) is 13.1 Å². The summed E-state index contributed by atoms with van der Waals surface area (Å²) in [5, 5.41) is 3.04. The van der Waals surface area contributed by atoms with E-state index in [2.05, 4.69) is 44.3 Å². The van der Waals surface area contributed by atoms with Crippen LogP contribution >= 0.6 is 0 Å². The lowest BCUT2D eigenvalue weighted by Crippen LogP contribution is -2.52. The third kappa shape index (κ3) is 7.75. The third-order valence-electron chi connectivity index (χ3n) is 6.58. The van der Waals surface area contributed by atoms with E-state index >= 15 is 0 Å². The topological polar surface area (TPSA) is 77.6 Å². The minimum atomic E-state index is 0.0465. The summed E-state index contributed by atoms with van der Waals surface area (Å²) in [4.78, 5) is 33.5. The minimum Gasteiger partial charge on any atom is -0.379 e. The van der Waals surface area contributed by atoms with Crippen LogP contribution in [0.25, 0.3) is 0 Å². The zero-order chi connectivity index (χ0) is 22.9. The van der Waals surface area contributed by atoms with Crippen LogP contribution in [0, 0.1) is 0 Å². The van der Waals surface area contributed by atoms with Gasteiger partial charge in [0.05, 0.1) is 39.5 Å². The van der Waals surface area contributed by atoms with Crippen LogP contribution in [0.15, 0.2) is 24.3 Å². The third-order valence-corrected chi connectivity index (χ3v) is 6.58. The van der Waals surface area contributed by atoms with E-state index in [-0.39, 0.29) is 11.8 Å². The molecule has 3 saturated heterocycles. The Kier molecular flexibility index (Phi) is 9.08. The number of carbonyl (C=O) groups excluding carboxylic acids is 2. The molecule has 1 aromatic rings. The Bertz CT molecular complexity index is 755. The second kappa shape index (κ2) is 12.4. The molecule has 0 atom stereocenters. The molecule has 182 valence electrons. The van der Waals surface area contributed by atoms with Gasteiger partial charge in [0.2, 0.25) is 11.8 Å². The number of rotatable bonds is 8. The first kappa shape index (κ1) is 24.1. The molecular weight excluding hydrogens is 422 g/mol. The number of morpholine rings is 2. The molecule has 3 aliphatic rings. The highest BCUT2D eigenvalue weighted by molar-refractivity contribution is 5.78. The maximum atomic E-state index is 12.4. The highest BCUT2D eigenvalue weighted by atomic mass is 16.5. The van der Waals surface area contributed by atoms with Crippen LogP contribution < -0.4 is 5.32 Å². The van der Waals surface area contributed by atoms with Crippen molar-refractivity contribution in [3.05, 3.63) is 35.4 Å². The molecule has 0 unspecified atom stereocenters. The van der Waals surface area contributed by atoms with E-state index in [1.54, 1.807) is 0 Å². The van der Waals surface area contributed by atoms with Gasteiger partial charge in [0.25, 0.3) is 0 Å². The lowest BCUT2D eigenvalue weighted by molar-refractivity contribution is -0.137. The van der Waals surface area contributed by atoms with Crippen molar-refractivity contribution in [3.8, 4) is 0 Å². The molecule has 0 saturated carbocycles. The van der Waals surface area contributed by atoms with Crippen LogP contribution in [-0.4, -0.2) is 123 Å². The number of nitrogens with one attached hydrogen (secondary N) is 1. The monoisotopic (exact) mass is 459 g/mol. The Morgan fingerprint density at radius 2 is 1.24 bits per heavy atom. The fraction of sp³-hybridized carbons (Fsp3) is 0.667. The van der Waals surface area contributed by atoms with Gasteiger partial charge in [-0.15, -0.1) is 0 Å². The lowest BCUT2D eigenvalue weighted by Gasteiger charge is -2.35. The van der Waals surface area contributed by atoms with E-state index < -0.39 is 0 Å². The average molecular weight is 460 g/mol. The molecular formula is C24H37N5O4. The number of piperazine rings is 1. The van der Waals surface area contributed by atoms with E-state index in [9.17, 15) is 9.59 Å². The largest absolute Gasteiger partial charge is 0.379 e. The fourth-order valence-electron chi connectivity index (χ4n) is 4.45. The molecule has 9 nitrogen and oxygen atoms in total. The van der Waals surface area contributed by atoms with Crippen molar-refractivity contribution in [2.24, 2.45) is 0 Å². The Morgan fingerprint density at radius 3 is 1.88 bits per heavy atom. The number of hydrogen-bond acceptors (Lipinski definition) is 7. The SMILES string of the molecule is O=C(CN1CCN(CC(=O)N2CCOCC2)CC1)NCc1ccc(CN2CCOCC2)cc1. The van der Waals surface area contributed by atoms with Crippen LogP contribution in [0.1, 0.15) is 11.1 Å². The fourth-order valence-corrected chi connectivity index (χ4v) is 4.45. The molecule has 3 aliphatic heterocycles. The first-order chi connectivity index (χ1) is 16.2. The number of ether oxygens (including phenoxy) is 2. The zero-order valence-corrected chi connectivity index (χ0v) is 19.5. The number of hydrogen-bond donors (Lipinski definition) is 1. The highest BCUT2D eigenvalue weighted by Gasteiger charge is 2.23. The molecule has 0 radical (unpaired) electrons. The molecule has 3 heterocycles. The van der Waals surface area contributed by atoms with E-state index in [0.717, 1.165) is 64.6 Å². The molecule has 1 N–H and O–H groups in total. The van der Waals surface area contributed by atoms with Crippen molar-refractivity contribution in [1.82, 2.24) is 24.9 Å². The standard InChI is InChI=1S/C24H37N5O4/c30-23(25-17-21-1-3-22(4-2-21)18-28-9-13-32-14-10-28)19-26-5-7-27(8-6-26)20-24(31)29-11-15-33-16-12-29/h1-4H,5-20H2,(H,25,30). The molecule has 1 aromatic carbocycles. The summed E-state index contributed by atoms with van der Waals surface area (Å²) >= 11 is 0. The van der Waals surface area contributed by atoms with Crippen molar-refractivity contribution in [3.63, 3.8) is 0 Å². The number of carbonyl (C=O) groups is 2. The van der Waals surface area contributed by atoms with Gasteiger partial charge in [0.15, 0.2) is 0 Å². The van der Waals surface area contributed by atoms with Crippen molar-refractivity contribution in [1.29, 1.82) is 0 Å². The predicted molar refractivity (Wildman–Crippen MR) is 125 cm³/mol. The van der Waals surface area contributed by atoms with Gasteiger partial charge in [-0.3, -0.25) is 24.3 Å². The maximum absolute atomic E-state index is 12.4. The maximum Gasteiger partial charge on any atom is 0.236 e. The summed E-state index contributed by atoms with van der Waals surface area (Å²) in [5.74, 6) is 0.227. The van der Waals surface area contributed by atoms with E-state index in [0.29, 0.717) is 45.9 Å². The Balaban J connectivity index is 1.11. The lowest BCUT2D eigenvalue weighted by atomic mass is 10.1. The van der Waals surface area contributed by atoms with E-state index in [1.807, 2.05) is 4.90 Å². The van der Waals surface area contributed by atoms with Crippen LogP contribution in [0.3, 0.4) is 0 Å². The summed E-state index contributed by atoms with van der Waals surface area (Å²) in [6, 6.07) is 8.49. The number of benzene rings is 1. The Labute approximate surface area is 196 Å². The van der Waals surface area contributed by atoms with Gasteiger partial charge in [0.1, 0.15) is 0 Å². The van der Waals surface area contributed by atoms with E-state index in [1.165, 1.54) is 5.56 Å². The zero-order valence-electron chi connectivity index (χ0n) is 19.5. The molecule has 0 spiro atoms. The van der Waals surface area contributed by atoms with Crippen LogP contribution in [-0.2, 0) is 32.2 Å². The van der Waals surface area contributed by atoms with Crippen molar-refractivity contribution < 1.29 is 19.1 Å². The first-order valence-corrected chi connectivity index (χ1v) is 12.1. The van der Waals surface area contributed by atoms with Gasteiger partial charge < -0.3 is 19.7 Å². The second-order valence-corrected chi connectivity index (χ2v) is 9.03. The van der Waals surface area contributed by atoms with Gasteiger partial charge in [-0.1, -0.05) is 24.3 Å². The second-order valence-electron chi connectivity index (χ2n) is 9.03. The van der Waals surface area contributed by atoms with Gasteiger partial charge in [-0.25, -0.2) is 0 Å².